The minimum atomic E-state index is 0. The van der Waals surface area contributed by atoms with Gasteiger partial charge in [0.2, 0.25) is 0 Å². The molecule has 32 heavy (non-hydrogen) atoms. The van der Waals surface area contributed by atoms with Gasteiger partial charge in [-0.25, -0.2) is 0 Å². The van der Waals surface area contributed by atoms with Crippen molar-refractivity contribution >= 4 is 45.7 Å². The van der Waals surface area contributed by atoms with Gasteiger partial charge in [-0.05, 0) is 60.7 Å². The topological polar surface area (TPSA) is 80.9 Å². The Morgan fingerprint density at radius 3 is 2.12 bits per heavy atom. The van der Waals surface area contributed by atoms with Crippen LogP contribution in [-0.2, 0) is 0 Å². The molecular weight excluding hydrogens is 445 g/mol. The lowest BCUT2D eigenvalue weighted by Crippen LogP contribution is -3.00. The summed E-state index contributed by atoms with van der Waals surface area (Å²) in [6.07, 6.45) is 4.08. The average Bonchev–Trinajstić information content (AvgIpc) is 3.56. The van der Waals surface area contributed by atoms with Gasteiger partial charge in [-0.15, -0.1) is 0 Å². The van der Waals surface area contributed by atoms with Gasteiger partial charge in [0, 0.05) is 22.0 Å². The van der Waals surface area contributed by atoms with E-state index in [0.717, 1.165) is 71.4 Å². The van der Waals surface area contributed by atoms with Crippen LogP contribution in [0.1, 0.15) is 22.6 Å². The molecule has 0 spiro atoms. The Kier molecular flexibility index (Phi) is 6.26. The number of aromatic amines is 1. The molecule has 5 N–H and O–H groups in total. The molecule has 4 aromatic rings. The summed E-state index contributed by atoms with van der Waals surface area (Å²) in [4.78, 5) is 10.2. The number of halogens is 2. The van der Waals surface area contributed by atoms with Gasteiger partial charge in [-0.3, -0.25) is 20.6 Å². The maximum atomic E-state index is 6.00. The maximum Gasteiger partial charge on any atom is 0.275 e. The lowest BCUT2D eigenvalue weighted by Gasteiger charge is -1.96. The van der Waals surface area contributed by atoms with Gasteiger partial charge in [-0.2, -0.15) is 0 Å². The number of aromatic nitrogens is 1. The highest BCUT2D eigenvalue weighted by Crippen LogP contribution is 2.23. The van der Waals surface area contributed by atoms with Gasteiger partial charge < -0.3 is 34.2 Å². The number of amidine groups is 2. The third-order valence-corrected chi connectivity index (χ3v) is 5.64. The molecular formula is C24H23Cl2N5O. The van der Waals surface area contributed by atoms with E-state index in [1.807, 2.05) is 12.1 Å². The third kappa shape index (κ3) is 4.11. The van der Waals surface area contributed by atoms with Crippen LogP contribution in [0.3, 0.4) is 0 Å². The SMILES string of the molecule is C(=C\c1cc2cc(C3=[NH+]CCN3)ccc2o1)/c1cc2cc(C3=[NH+]CCN3)ccc2[nH]1.[Cl-].[Cl-]. The van der Waals surface area contributed by atoms with Crippen molar-refractivity contribution in [1.82, 2.24) is 15.6 Å². The highest BCUT2D eigenvalue weighted by molar-refractivity contribution is 6.00. The largest absolute Gasteiger partial charge is 1.00 e. The van der Waals surface area contributed by atoms with Crippen molar-refractivity contribution in [3.05, 3.63) is 71.1 Å². The summed E-state index contributed by atoms with van der Waals surface area (Å²) >= 11 is 0. The van der Waals surface area contributed by atoms with Crippen LogP contribution in [0.4, 0.5) is 0 Å². The monoisotopic (exact) mass is 467 g/mol. The third-order valence-electron chi connectivity index (χ3n) is 5.64. The number of rotatable bonds is 4. The van der Waals surface area contributed by atoms with Crippen molar-refractivity contribution in [2.75, 3.05) is 26.2 Å². The highest BCUT2D eigenvalue weighted by Gasteiger charge is 2.16. The Hall–Kier alpha value is -3.22. The molecule has 0 unspecified atom stereocenters. The first-order valence-corrected chi connectivity index (χ1v) is 10.4. The first kappa shape index (κ1) is 22.0. The summed E-state index contributed by atoms with van der Waals surface area (Å²) in [5.74, 6) is 3.04. The van der Waals surface area contributed by atoms with Crippen molar-refractivity contribution in [3.63, 3.8) is 0 Å². The second-order valence-corrected chi connectivity index (χ2v) is 7.72. The first-order chi connectivity index (χ1) is 14.8. The van der Waals surface area contributed by atoms with Crippen LogP contribution in [0.5, 0.6) is 0 Å². The number of nitrogens with one attached hydrogen (secondary N) is 5. The van der Waals surface area contributed by atoms with Crippen molar-refractivity contribution in [2.45, 2.75) is 0 Å². The molecule has 2 aliphatic rings. The molecule has 0 saturated carbocycles. The summed E-state index contributed by atoms with van der Waals surface area (Å²) < 4.78 is 6.00. The van der Waals surface area contributed by atoms with Crippen LogP contribution in [0, 0.1) is 0 Å². The van der Waals surface area contributed by atoms with Gasteiger partial charge in [0.15, 0.2) is 0 Å². The fraction of sp³-hybridized carbons (Fsp3) is 0.167. The molecule has 6 rings (SSSR count). The molecule has 8 heteroatoms. The Bertz CT molecular complexity index is 1260. The summed E-state index contributed by atoms with van der Waals surface area (Å²) in [6.45, 7) is 3.87. The number of H-pyrrole nitrogens is 1. The van der Waals surface area contributed by atoms with E-state index in [1.165, 1.54) is 10.9 Å². The van der Waals surface area contributed by atoms with Crippen LogP contribution >= 0.6 is 0 Å². The minimum Gasteiger partial charge on any atom is -1.00 e. The van der Waals surface area contributed by atoms with Gasteiger partial charge in [-0.1, -0.05) is 0 Å². The quantitative estimate of drug-likeness (QED) is 0.207. The molecule has 2 aromatic carbocycles. The first-order valence-electron chi connectivity index (χ1n) is 10.4. The number of furan rings is 1. The smallest absolute Gasteiger partial charge is 0.275 e. The molecule has 0 saturated heterocycles. The van der Waals surface area contributed by atoms with Crippen LogP contribution in [0.25, 0.3) is 34.0 Å². The normalized spacial score (nSPS) is 15.2. The summed E-state index contributed by atoms with van der Waals surface area (Å²) in [6, 6.07) is 17.0. The van der Waals surface area contributed by atoms with E-state index in [1.54, 1.807) is 0 Å². The fourth-order valence-corrected chi connectivity index (χ4v) is 4.16. The standard InChI is InChI=1S/C24H21N5O.2ClH/c1-5-21-17(11-15(1)23-25-7-8-26-23)13-19(29-21)3-4-20-14-18-12-16(2-6-22(18)30-20)24-27-9-10-28-24;;/h1-6,11-14,29H,7-10H2,(H,25,26)(H,27,28);2*1H/b4-3+;;. The molecule has 0 atom stereocenters. The molecule has 0 radical (unpaired) electrons. The summed E-state index contributed by atoms with van der Waals surface area (Å²) in [5.41, 5.74) is 5.42. The zero-order valence-electron chi connectivity index (χ0n) is 17.3. The lowest BCUT2D eigenvalue weighted by molar-refractivity contribution is -0.444. The Labute approximate surface area is 197 Å². The number of hydrogen-bond donors (Lipinski definition) is 5. The van der Waals surface area contributed by atoms with Gasteiger partial charge in [0.1, 0.15) is 37.5 Å². The summed E-state index contributed by atoms with van der Waals surface area (Å²) in [7, 11) is 0. The van der Waals surface area contributed by atoms with E-state index >= 15 is 0 Å². The molecule has 0 aliphatic carbocycles. The zero-order valence-corrected chi connectivity index (χ0v) is 18.8. The predicted octanol–water partition coefficient (Wildman–Crippen LogP) is -6.05. The van der Waals surface area contributed by atoms with E-state index in [9.17, 15) is 0 Å². The van der Waals surface area contributed by atoms with Crippen molar-refractivity contribution in [2.24, 2.45) is 0 Å². The number of benzene rings is 2. The van der Waals surface area contributed by atoms with Gasteiger partial charge >= 0.3 is 0 Å². The molecule has 0 fully saturated rings. The predicted molar refractivity (Wildman–Crippen MR) is 119 cm³/mol. The van der Waals surface area contributed by atoms with E-state index in [-0.39, 0.29) is 24.8 Å². The average molecular weight is 468 g/mol. The maximum absolute atomic E-state index is 6.00. The highest BCUT2D eigenvalue weighted by atomic mass is 35.5. The van der Waals surface area contributed by atoms with Crippen LogP contribution in [0.15, 0.2) is 52.9 Å². The Morgan fingerprint density at radius 2 is 1.44 bits per heavy atom. The van der Waals surface area contributed by atoms with Crippen molar-refractivity contribution in [3.8, 4) is 0 Å². The van der Waals surface area contributed by atoms with E-state index in [4.69, 9.17) is 4.42 Å². The Morgan fingerprint density at radius 1 is 0.750 bits per heavy atom. The molecule has 0 amide bonds. The lowest BCUT2D eigenvalue weighted by atomic mass is 10.1. The van der Waals surface area contributed by atoms with Crippen molar-refractivity contribution in [1.29, 1.82) is 0 Å². The van der Waals surface area contributed by atoms with Crippen molar-refractivity contribution < 1.29 is 39.2 Å². The molecule has 2 aliphatic heterocycles. The fourth-order valence-electron chi connectivity index (χ4n) is 4.16. The molecule has 164 valence electrons. The van der Waals surface area contributed by atoms with E-state index in [0.29, 0.717) is 0 Å². The minimum absolute atomic E-state index is 0. The Balaban J connectivity index is 0.00000122. The zero-order chi connectivity index (χ0) is 19.9. The van der Waals surface area contributed by atoms with Crippen LogP contribution < -0.4 is 45.4 Å². The van der Waals surface area contributed by atoms with Gasteiger partial charge in [0.05, 0.1) is 11.1 Å². The molecule has 2 aromatic heterocycles. The number of hydrogen-bond acceptors (Lipinski definition) is 3. The van der Waals surface area contributed by atoms with Crippen LogP contribution in [0.2, 0.25) is 0 Å². The van der Waals surface area contributed by atoms with Gasteiger partial charge in [0.25, 0.3) is 11.7 Å². The summed E-state index contributed by atoms with van der Waals surface area (Å²) in [5, 5.41) is 9.05. The molecule has 6 nitrogen and oxygen atoms in total. The molecule has 4 heterocycles. The van der Waals surface area contributed by atoms with Crippen LogP contribution in [-0.4, -0.2) is 42.8 Å². The van der Waals surface area contributed by atoms with E-state index < -0.39 is 0 Å². The van der Waals surface area contributed by atoms with E-state index in [2.05, 4.69) is 74.1 Å². The second-order valence-electron chi connectivity index (χ2n) is 7.72. The molecule has 0 bridgehead atoms. The number of fused-ring (bicyclic) bond motifs is 2. The second kappa shape index (κ2) is 9.10.